The lowest BCUT2D eigenvalue weighted by Gasteiger charge is -2.10. The number of halogens is 1. The van der Waals surface area contributed by atoms with E-state index in [2.05, 4.69) is 22.8 Å². The Labute approximate surface area is 178 Å². The molecule has 3 aromatic carbocycles. The summed E-state index contributed by atoms with van der Waals surface area (Å²) in [6.07, 6.45) is 0. The molecule has 0 aliphatic carbocycles. The molecule has 0 radical (unpaired) electrons. The van der Waals surface area contributed by atoms with E-state index in [1.807, 2.05) is 66.9 Å². The summed E-state index contributed by atoms with van der Waals surface area (Å²) >= 11 is 7.78. The third-order valence-electron chi connectivity index (χ3n) is 4.34. The number of aryl methyl sites for hydroxylation is 1. The minimum Gasteiger partial charge on any atom is -0.308 e. The van der Waals surface area contributed by atoms with Crippen LogP contribution in [0.15, 0.2) is 78.2 Å². The van der Waals surface area contributed by atoms with E-state index in [1.165, 1.54) is 0 Å². The van der Waals surface area contributed by atoms with Crippen LogP contribution in [0.5, 0.6) is 0 Å². The average molecular weight is 420 g/mol. The Hall–Kier alpha value is -3.15. The number of hydrogen-bond donors (Lipinski definition) is 2. The van der Waals surface area contributed by atoms with Crippen molar-refractivity contribution in [2.45, 2.75) is 6.92 Å². The molecule has 0 aliphatic heterocycles. The molecule has 0 saturated carbocycles. The average Bonchev–Trinajstić information content (AvgIpc) is 3.22. The second-order valence-corrected chi connectivity index (χ2v) is 7.81. The van der Waals surface area contributed by atoms with E-state index in [9.17, 15) is 4.79 Å². The maximum absolute atomic E-state index is 12.2. The number of nitrogens with one attached hydrogen (secondary N) is 2. The summed E-state index contributed by atoms with van der Waals surface area (Å²) < 4.78 is 0. The number of aromatic nitrogens is 1. The van der Waals surface area contributed by atoms with Crippen molar-refractivity contribution in [1.82, 2.24) is 4.98 Å². The number of urea groups is 1. The predicted octanol–water partition coefficient (Wildman–Crippen LogP) is 7.08. The number of rotatable bonds is 4. The van der Waals surface area contributed by atoms with Crippen LogP contribution in [-0.2, 0) is 0 Å². The summed E-state index contributed by atoms with van der Waals surface area (Å²) in [6, 6.07) is 22.8. The molecule has 2 amide bonds. The van der Waals surface area contributed by atoms with Gasteiger partial charge in [-0.3, -0.25) is 0 Å². The first-order chi connectivity index (χ1) is 14.1. The van der Waals surface area contributed by atoms with Crippen LogP contribution in [-0.4, -0.2) is 11.0 Å². The van der Waals surface area contributed by atoms with E-state index in [4.69, 9.17) is 16.6 Å². The molecule has 0 saturated heterocycles. The summed E-state index contributed by atoms with van der Waals surface area (Å²) in [5.74, 6) is 0. The lowest BCUT2D eigenvalue weighted by atomic mass is 10.1. The Balaban J connectivity index is 1.43. The van der Waals surface area contributed by atoms with Crippen molar-refractivity contribution in [2.75, 3.05) is 10.6 Å². The van der Waals surface area contributed by atoms with E-state index in [-0.39, 0.29) is 6.03 Å². The normalized spacial score (nSPS) is 10.6. The molecule has 144 valence electrons. The Morgan fingerprint density at radius 3 is 2.41 bits per heavy atom. The smallest absolute Gasteiger partial charge is 0.308 e. The topological polar surface area (TPSA) is 54.0 Å². The van der Waals surface area contributed by atoms with Crippen LogP contribution in [0.3, 0.4) is 0 Å². The molecule has 1 heterocycles. The maximum Gasteiger partial charge on any atom is 0.323 e. The number of nitrogens with zero attached hydrogens (tertiary/aromatic N) is 1. The molecule has 4 nitrogen and oxygen atoms in total. The van der Waals surface area contributed by atoms with Crippen LogP contribution < -0.4 is 10.6 Å². The van der Waals surface area contributed by atoms with Gasteiger partial charge in [0.15, 0.2) is 0 Å². The number of carbonyl (C=O) groups excluding carboxylic acids is 1. The molecule has 2 N–H and O–H groups in total. The van der Waals surface area contributed by atoms with Crippen molar-refractivity contribution in [1.29, 1.82) is 0 Å². The van der Waals surface area contributed by atoms with Gasteiger partial charge in [-0.2, -0.15) is 0 Å². The molecule has 0 unspecified atom stereocenters. The standard InChI is InChI=1S/C23H18ClN3OS/c1-15-7-12-20(19(24)13-15)27-23(28)25-18-10-8-16(9-11-18)21-14-29-22(26-21)17-5-3-2-4-6-17/h2-14H,1H3,(H2,25,27,28). The number of hydrogen-bond acceptors (Lipinski definition) is 3. The highest BCUT2D eigenvalue weighted by molar-refractivity contribution is 7.13. The molecular weight excluding hydrogens is 402 g/mol. The second kappa shape index (κ2) is 8.47. The number of thiazole rings is 1. The first-order valence-electron chi connectivity index (χ1n) is 9.04. The lowest BCUT2D eigenvalue weighted by molar-refractivity contribution is 0.262. The van der Waals surface area contributed by atoms with Gasteiger partial charge in [-0.25, -0.2) is 9.78 Å². The molecule has 0 spiro atoms. The minimum absolute atomic E-state index is 0.344. The molecule has 0 atom stereocenters. The third-order valence-corrected chi connectivity index (χ3v) is 5.54. The van der Waals surface area contributed by atoms with Gasteiger partial charge < -0.3 is 10.6 Å². The van der Waals surface area contributed by atoms with Gasteiger partial charge in [0.2, 0.25) is 0 Å². The van der Waals surface area contributed by atoms with Crippen LogP contribution in [0.1, 0.15) is 5.56 Å². The summed E-state index contributed by atoms with van der Waals surface area (Å²) in [4.78, 5) is 17.0. The Morgan fingerprint density at radius 1 is 0.931 bits per heavy atom. The highest BCUT2D eigenvalue weighted by Crippen LogP contribution is 2.29. The summed E-state index contributed by atoms with van der Waals surface area (Å²) in [5.41, 5.74) is 5.31. The minimum atomic E-state index is -0.344. The number of anilines is 2. The largest absolute Gasteiger partial charge is 0.323 e. The van der Waals surface area contributed by atoms with Crippen molar-refractivity contribution in [3.8, 4) is 21.8 Å². The first-order valence-corrected chi connectivity index (χ1v) is 10.3. The predicted molar refractivity (Wildman–Crippen MR) is 122 cm³/mol. The number of carbonyl (C=O) groups is 1. The summed E-state index contributed by atoms with van der Waals surface area (Å²) in [5, 5.41) is 9.11. The monoisotopic (exact) mass is 419 g/mol. The summed E-state index contributed by atoms with van der Waals surface area (Å²) in [7, 11) is 0. The van der Waals surface area contributed by atoms with Crippen molar-refractivity contribution in [2.24, 2.45) is 0 Å². The van der Waals surface area contributed by atoms with E-state index < -0.39 is 0 Å². The molecule has 4 aromatic rings. The number of amides is 2. The Bertz CT molecular complexity index is 1140. The second-order valence-electron chi connectivity index (χ2n) is 6.54. The van der Waals surface area contributed by atoms with Crippen LogP contribution >= 0.6 is 22.9 Å². The zero-order valence-corrected chi connectivity index (χ0v) is 17.2. The van der Waals surface area contributed by atoms with Gasteiger partial charge in [0.1, 0.15) is 5.01 Å². The Morgan fingerprint density at radius 2 is 1.69 bits per heavy atom. The molecule has 4 rings (SSSR count). The highest BCUT2D eigenvalue weighted by atomic mass is 35.5. The van der Waals surface area contributed by atoms with Crippen LogP contribution in [0.25, 0.3) is 21.8 Å². The molecule has 0 bridgehead atoms. The van der Waals surface area contributed by atoms with Crippen LogP contribution in [0.2, 0.25) is 5.02 Å². The van der Waals surface area contributed by atoms with Gasteiger partial charge >= 0.3 is 6.03 Å². The molecule has 6 heteroatoms. The first kappa shape index (κ1) is 19.2. The summed E-state index contributed by atoms with van der Waals surface area (Å²) in [6.45, 7) is 1.95. The van der Waals surface area contributed by atoms with Crippen molar-refractivity contribution < 1.29 is 4.79 Å². The van der Waals surface area contributed by atoms with Crippen LogP contribution in [0, 0.1) is 6.92 Å². The van der Waals surface area contributed by atoms with Gasteiger partial charge in [-0.1, -0.05) is 60.1 Å². The quantitative estimate of drug-likeness (QED) is 0.371. The molecule has 1 aromatic heterocycles. The van der Waals surface area contributed by atoms with Crippen LogP contribution in [0.4, 0.5) is 16.2 Å². The number of benzene rings is 3. The van der Waals surface area contributed by atoms with Gasteiger partial charge in [-0.15, -0.1) is 11.3 Å². The van der Waals surface area contributed by atoms with Crippen molar-refractivity contribution in [3.63, 3.8) is 0 Å². The van der Waals surface area contributed by atoms with Gasteiger partial charge in [0.25, 0.3) is 0 Å². The lowest BCUT2D eigenvalue weighted by Crippen LogP contribution is -2.19. The zero-order valence-electron chi connectivity index (χ0n) is 15.6. The Kier molecular flexibility index (Phi) is 5.60. The molecule has 29 heavy (non-hydrogen) atoms. The van der Waals surface area contributed by atoms with E-state index >= 15 is 0 Å². The maximum atomic E-state index is 12.2. The van der Waals surface area contributed by atoms with Crippen molar-refractivity contribution in [3.05, 3.63) is 88.8 Å². The third kappa shape index (κ3) is 4.65. The van der Waals surface area contributed by atoms with Gasteiger partial charge in [0, 0.05) is 22.2 Å². The zero-order chi connectivity index (χ0) is 20.2. The van der Waals surface area contributed by atoms with E-state index in [1.54, 1.807) is 17.4 Å². The highest BCUT2D eigenvalue weighted by Gasteiger charge is 2.09. The molecule has 0 fully saturated rings. The molecule has 0 aliphatic rings. The molecular formula is C23H18ClN3OS. The van der Waals surface area contributed by atoms with E-state index in [0.717, 1.165) is 27.4 Å². The fourth-order valence-electron chi connectivity index (χ4n) is 2.85. The van der Waals surface area contributed by atoms with Gasteiger partial charge in [-0.05, 0) is 36.8 Å². The van der Waals surface area contributed by atoms with Crippen molar-refractivity contribution >= 4 is 40.3 Å². The fourth-order valence-corrected chi connectivity index (χ4v) is 3.97. The fraction of sp³-hybridized carbons (Fsp3) is 0.0435. The SMILES string of the molecule is Cc1ccc(NC(=O)Nc2ccc(-c3csc(-c4ccccc4)n3)cc2)c(Cl)c1. The van der Waals surface area contributed by atoms with Gasteiger partial charge in [0.05, 0.1) is 16.4 Å². The van der Waals surface area contributed by atoms with E-state index in [0.29, 0.717) is 16.4 Å².